The predicted octanol–water partition coefficient (Wildman–Crippen LogP) is 5.17. The first-order valence-corrected chi connectivity index (χ1v) is 14.4. The second kappa shape index (κ2) is 10.8. The van der Waals surface area contributed by atoms with Gasteiger partial charge in [0.15, 0.2) is 5.13 Å². The lowest BCUT2D eigenvalue weighted by molar-refractivity contribution is 0.102. The molecule has 4 aromatic rings. The second-order valence-electron chi connectivity index (χ2n) is 8.82. The van der Waals surface area contributed by atoms with Gasteiger partial charge in [-0.15, -0.1) is 11.3 Å². The van der Waals surface area contributed by atoms with Crippen molar-refractivity contribution in [2.45, 2.75) is 31.3 Å². The maximum atomic E-state index is 13.2. The molecule has 0 unspecified atom stereocenters. The Hall–Kier alpha value is -3.53. The Bertz CT molecular complexity index is 1470. The van der Waals surface area contributed by atoms with Gasteiger partial charge >= 0.3 is 0 Å². The maximum absolute atomic E-state index is 13.2. The first kappa shape index (κ1) is 25.1. The van der Waals surface area contributed by atoms with E-state index < -0.39 is 10.0 Å². The van der Waals surface area contributed by atoms with Gasteiger partial charge in [0.25, 0.3) is 15.9 Å². The molecule has 1 aliphatic heterocycles. The quantitative estimate of drug-likeness (QED) is 0.339. The van der Waals surface area contributed by atoms with Crippen LogP contribution >= 0.6 is 11.3 Å². The highest BCUT2D eigenvalue weighted by Gasteiger charge is 2.25. The van der Waals surface area contributed by atoms with Gasteiger partial charge in [-0.3, -0.25) is 19.3 Å². The molecule has 0 aliphatic carbocycles. The van der Waals surface area contributed by atoms with Gasteiger partial charge in [0.1, 0.15) is 0 Å². The highest BCUT2D eigenvalue weighted by atomic mass is 32.2. The van der Waals surface area contributed by atoms with Gasteiger partial charge in [0, 0.05) is 43.0 Å². The fourth-order valence-electron chi connectivity index (χ4n) is 4.44. The lowest BCUT2D eigenvalue weighted by Gasteiger charge is -2.25. The summed E-state index contributed by atoms with van der Waals surface area (Å²) in [5, 5.41) is 3.45. The van der Waals surface area contributed by atoms with Crippen molar-refractivity contribution in [1.29, 1.82) is 0 Å². The first-order chi connectivity index (χ1) is 17.9. The van der Waals surface area contributed by atoms with E-state index in [0.717, 1.165) is 31.7 Å². The van der Waals surface area contributed by atoms with Crippen LogP contribution in [-0.4, -0.2) is 37.3 Å². The van der Waals surface area contributed by atoms with Crippen molar-refractivity contribution in [3.05, 3.63) is 107 Å². The molecule has 0 saturated carbocycles. The van der Waals surface area contributed by atoms with Gasteiger partial charge in [-0.25, -0.2) is 13.4 Å². The predicted molar refractivity (Wildman–Crippen MR) is 147 cm³/mol. The monoisotopic (exact) mass is 532 g/mol. The summed E-state index contributed by atoms with van der Waals surface area (Å²) in [6, 6.07) is 25.4. The number of nitrogens with one attached hydrogen (secondary N) is 1. The third-order valence-electron chi connectivity index (χ3n) is 6.32. The van der Waals surface area contributed by atoms with Crippen LogP contribution in [0.1, 0.15) is 33.4 Å². The van der Waals surface area contributed by atoms with Crippen LogP contribution in [0.15, 0.2) is 89.8 Å². The van der Waals surface area contributed by atoms with Gasteiger partial charge < -0.3 is 0 Å². The van der Waals surface area contributed by atoms with Gasteiger partial charge in [-0.1, -0.05) is 48.5 Å². The standard InChI is InChI=1S/C28H28N4O3S2/c1-2-32(23-11-7-4-8-12-23)37(34,35)24-15-13-22(14-16-24)27(33)30-28-29-25-17-18-31(20-26(25)36-28)19-21-9-5-3-6-10-21/h3-16H,2,17-20H2,1H3,(H,29,30,33). The van der Waals surface area contributed by atoms with E-state index in [4.69, 9.17) is 0 Å². The number of hydrogen-bond acceptors (Lipinski definition) is 6. The Morgan fingerprint density at radius 1 is 1.00 bits per heavy atom. The number of hydrogen-bond donors (Lipinski definition) is 1. The van der Waals surface area contributed by atoms with E-state index >= 15 is 0 Å². The molecule has 190 valence electrons. The number of aromatic nitrogens is 1. The number of para-hydroxylation sites is 1. The van der Waals surface area contributed by atoms with Crippen LogP contribution in [0.25, 0.3) is 0 Å². The summed E-state index contributed by atoms with van der Waals surface area (Å²) in [6.45, 7) is 4.70. The molecule has 5 rings (SSSR count). The van der Waals surface area contributed by atoms with Gasteiger partial charge in [0.05, 0.1) is 16.3 Å². The smallest absolute Gasteiger partial charge is 0.264 e. The molecule has 7 nitrogen and oxygen atoms in total. The summed E-state index contributed by atoms with van der Waals surface area (Å²) in [5.41, 5.74) is 3.29. The van der Waals surface area contributed by atoms with Crippen molar-refractivity contribution in [3.8, 4) is 0 Å². The number of nitrogens with zero attached hydrogens (tertiary/aromatic N) is 3. The Labute approximate surface area is 221 Å². The minimum absolute atomic E-state index is 0.137. The molecule has 2 heterocycles. The van der Waals surface area contributed by atoms with Crippen LogP contribution < -0.4 is 9.62 Å². The number of anilines is 2. The zero-order valence-electron chi connectivity index (χ0n) is 20.5. The lowest BCUT2D eigenvalue weighted by atomic mass is 10.1. The third kappa shape index (κ3) is 5.58. The van der Waals surface area contributed by atoms with Gasteiger partial charge in [0.2, 0.25) is 0 Å². The van der Waals surface area contributed by atoms with Gasteiger partial charge in [-0.05, 0) is 48.9 Å². The van der Waals surface area contributed by atoms with E-state index in [1.807, 2.05) is 12.1 Å². The molecule has 0 saturated heterocycles. The average Bonchev–Trinajstić information content (AvgIpc) is 3.32. The van der Waals surface area contributed by atoms with E-state index in [1.54, 1.807) is 31.2 Å². The van der Waals surface area contributed by atoms with Crippen molar-refractivity contribution in [2.75, 3.05) is 22.7 Å². The third-order valence-corrected chi connectivity index (χ3v) is 9.23. The number of carbonyl (C=O) groups excluding carboxylic acids is 1. The summed E-state index contributed by atoms with van der Waals surface area (Å²) >= 11 is 1.50. The number of amides is 1. The Morgan fingerprint density at radius 3 is 2.35 bits per heavy atom. The number of sulfonamides is 1. The summed E-state index contributed by atoms with van der Waals surface area (Å²) in [7, 11) is -3.75. The molecule has 0 fully saturated rings. The largest absolute Gasteiger partial charge is 0.298 e. The molecule has 3 aromatic carbocycles. The van der Waals surface area contributed by atoms with Gasteiger partial charge in [-0.2, -0.15) is 0 Å². The highest BCUT2D eigenvalue weighted by molar-refractivity contribution is 7.92. The molecule has 1 aromatic heterocycles. The molecule has 0 bridgehead atoms. The average molecular weight is 533 g/mol. The van der Waals surface area contributed by atoms with E-state index in [9.17, 15) is 13.2 Å². The van der Waals surface area contributed by atoms with E-state index in [0.29, 0.717) is 22.9 Å². The van der Waals surface area contributed by atoms with Crippen LogP contribution in [0.3, 0.4) is 0 Å². The van der Waals surface area contributed by atoms with Crippen molar-refractivity contribution in [1.82, 2.24) is 9.88 Å². The maximum Gasteiger partial charge on any atom is 0.264 e. The zero-order valence-corrected chi connectivity index (χ0v) is 22.1. The molecular weight excluding hydrogens is 504 g/mol. The summed E-state index contributed by atoms with van der Waals surface area (Å²) in [6.07, 6.45) is 0.844. The lowest BCUT2D eigenvalue weighted by Crippen LogP contribution is -2.30. The number of benzene rings is 3. The minimum Gasteiger partial charge on any atom is -0.298 e. The van der Waals surface area contributed by atoms with E-state index in [2.05, 4.69) is 39.5 Å². The fourth-order valence-corrected chi connectivity index (χ4v) is 6.96. The van der Waals surface area contributed by atoms with Crippen molar-refractivity contribution in [2.24, 2.45) is 0 Å². The van der Waals surface area contributed by atoms with Crippen LogP contribution in [0.2, 0.25) is 0 Å². The van der Waals surface area contributed by atoms with Crippen LogP contribution in [-0.2, 0) is 29.5 Å². The first-order valence-electron chi connectivity index (χ1n) is 12.2. The van der Waals surface area contributed by atoms with Crippen LogP contribution in [0.5, 0.6) is 0 Å². The molecule has 1 amide bonds. The molecule has 9 heteroatoms. The number of rotatable bonds is 8. The van der Waals surface area contributed by atoms with E-state index in [1.165, 1.54) is 50.3 Å². The van der Waals surface area contributed by atoms with Crippen molar-refractivity contribution in [3.63, 3.8) is 0 Å². The SMILES string of the molecule is CCN(c1ccccc1)S(=O)(=O)c1ccc(C(=O)Nc2nc3c(s2)CN(Cc2ccccc2)CC3)cc1. The highest BCUT2D eigenvalue weighted by Crippen LogP contribution is 2.30. The number of carbonyl (C=O) groups is 1. The van der Waals surface area contributed by atoms with Crippen molar-refractivity contribution < 1.29 is 13.2 Å². The summed E-state index contributed by atoms with van der Waals surface area (Å²) in [5.74, 6) is -0.313. The van der Waals surface area contributed by atoms with Crippen LogP contribution in [0, 0.1) is 0 Å². The Kier molecular flexibility index (Phi) is 7.36. The van der Waals surface area contributed by atoms with Crippen LogP contribution in [0.4, 0.5) is 10.8 Å². The normalized spacial score (nSPS) is 13.6. The zero-order chi connectivity index (χ0) is 25.8. The molecule has 37 heavy (non-hydrogen) atoms. The Morgan fingerprint density at radius 2 is 1.68 bits per heavy atom. The van der Waals surface area contributed by atoms with E-state index in [-0.39, 0.29) is 10.8 Å². The van der Waals surface area contributed by atoms with Crippen molar-refractivity contribution >= 4 is 38.1 Å². The second-order valence-corrected chi connectivity index (χ2v) is 11.8. The molecular formula is C28H28N4O3S2. The summed E-state index contributed by atoms with van der Waals surface area (Å²) < 4.78 is 27.8. The number of fused-ring (bicyclic) bond motifs is 1. The summed E-state index contributed by atoms with van der Waals surface area (Å²) in [4.78, 5) is 21.2. The minimum atomic E-state index is -3.75. The fraction of sp³-hybridized carbons (Fsp3) is 0.214. The molecule has 0 spiro atoms. The topological polar surface area (TPSA) is 82.6 Å². The molecule has 1 N–H and O–H groups in total. The Balaban J connectivity index is 1.25. The molecule has 1 aliphatic rings. The number of thiazole rings is 1. The molecule has 0 radical (unpaired) electrons. The molecule has 0 atom stereocenters.